The summed E-state index contributed by atoms with van der Waals surface area (Å²) in [6.45, 7) is 8.13. The van der Waals surface area contributed by atoms with Crippen molar-refractivity contribution in [2.75, 3.05) is 6.61 Å². The van der Waals surface area contributed by atoms with E-state index >= 15 is 0 Å². The van der Waals surface area contributed by atoms with E-state index in [1.807, 2.05) is 6.07 Å². The molecule has 0 saturated heterocycles. The maximum absolute atomic E-state index is 12.4. The summed E-state index contributed by atoms with van der Waals surface area (Å²) >= 11 is 5.96. The molecule has 1 amide bonds. The predicted molar refractivity (Wildman–Crippen MR) is 109 cm³/mol. The number of benzene rings is 1. The van der Waals surface area contributed by atoms with E-state index in [0.29, 0.717) is 21.8 Å². The SMILES string of the molecule is Cc1[nH]c(C(=O)OCC(=O)N[C@H](C)c2cccc(Cl)c2)c(C)c1C(=O)OC(C)C. The third-order valence-corrected chi connectivity index (χ3v) is 4.48. The van der Waals surface area contributed by atoms with Gasteiger partial charge in [0, 0.05) is 10.7 Å². The second kappa shape index (κ2) is 9.60. The van der Waals surface area contributed by atoms with Crippen LogP contribution >= 0.6 is 11.6 Å². The minimum atomic E-state index is -0.722. The highest BCUT2D eigenvalue weighted by molar-refractivity contribution is 6.30. The van der Waals surface area contributed by atoms with E-state index in [1.165, 1.54) is 0 Å². The Morgan fingerprint density at radius 3 is 2.45 bits per heavy atom. The first-order valence-corrected chi connectivity index (χ1v) is 9.60. The Balaban J connectivity index is 1.98. The predicted octanol–water partition coefficient (Wildman–Crippen LogP) is 3.88. The van der Waals surface area contributed by atoms with E-state index in [9.17, 15) is 14.4 Å². The van der Waals surface area contributed by atoms with Gasteiger partial charge in [0.25, 0.3) is 5.91 Å². The summed E-state index contributed by atoms with van der Waals surface area (Å²) in [5.41, 5.74) is 2.17. The first kappa shape index (κ1) is 22.5. The molecular formula is C21H25ClN2O5. The third-order valence-electron chi connectivity index (χ3n) is 4.25. The van der Waals surface area contributed by atoms with Crippen molar-refractivity contribution in [3.8, 4) is 0 Å². The normalized spacial score (nSPS) is 11.8. The van der Waals surface area contributed by atoms with Gasteiger partial charge in [0.05, 0.1) is 17.7 Å². The third kappa shape index (κ3) is 5.84. The van der Waals surface area contributed by atoms with Crippen LogP contribution in [0.15, 0.2) is 24.3 Å². The highest BCUT2D eigenvalue weighted by atomic mass is 35.5. The number of halogens is 1. The number of aryl methyl sites for hydroxylation is 1. The minimum Gasteiger partial charge on any atom is -0.459 e. The molecule has 0 aliphatic carbocycles. The Labute approximate surface area is 174 Å². The Morgan fingerprint density at radius 1 is 1.14 bits per heavy atom. The molecule has 1 aromatic heterocycles. The molecule has 29 heavy (non-hydrogen) atoms. The fourth-order valence-corrected chi connectivity index (χ4v) is 3.08. The average Bonchev–Trinajstić information content (AvgIpc) is 2.93. The molecule has 156 valence electrons. The summed E-state index contributed by atoms with van der Waals surface area (Å²) in [5, 5.41) is 3.31. The summed E-state index contributed by atoms with van der Waals surface area (Å²) in [4.78, 5) is 39.6. The summed E-state index contributed by atoms with van der Waals surface area (Å²) in [7, 11) is 0. The van der Waals surface area contributed by atoms with Gasteiger partial charge in [-0.15, -0.1) is 0 Å². The summed E-state index contributed by atoms with van der Waals surface area (Å²) in [5.74, 6) is -1.69. The van der Waals surface area contributed by atoms with Gasteiger partial charge in [-0.3, -0.25) is 4.79 Å². The minimum absolute atomic E-state index is 0.119. The average molecular weight is 421 g/mol. The highest BCUT2D eigenvalue weighted by Crippen LogP contribution is 2.21. The molecule has 7 nitrogen and oxygen atoms in total. The summed E-state index contributed by atoms with van der Waals surface area (Å²) < 4.78 is 10.3. The van der Waals surface area contributed by atoms with Crippen LogP contribution in [-0.4, -0.2) is 35.5 Å². The van der Waals surface area contributed by atoms with Crippen LogP contribution < -0.4 is 5.32 Å². The monoisotopic (exact) mass is 420 g/mol. The molecule has 2 aromatic rings. The van der Waals surface area contributed by atoms with Crippen LogP contribution in [0.5, 0.6) is 0 Å². The number of esters is 2. The van der Waals surface area contributed by atoms with Crippen LogP contribution in [0.25, 0.3) is 0 Å². The zero-order chi connectivity index (χ0) is 21.7. The molecule has 1 heterocycles. The topological polar surface area (TPSA) is 97.5 Å². The molecule has 2 rings (SSSR count). The molecule has 0 fully saturated rings. The lowest BCUT2D eigenvalue weighted by molar-refractivity contribution is -0.124. The number of H-pyrrole nitrogens is 1. The van der Waals surface area contributed by atoms with Gasteiger partial charge in [-0.25, -0.2) is 9.59 Å². The van der Waals surface area contributed by atoms with E-state index in [4.69, 9.17) is 21.1 Å². The maximum atomic E-state index is 12.4. The van der Waals surface area contributed by atoms with Gasteiger partial charge in [-0.05, 0) is 57.9 Å². The summed E-state index contributed by atoms with van der Waals surface area (Å²) in [6, 6.07) is 6.82. The van der Waals surface area contributed by atoms with Crippen LogP contribution in [0.2, 0.25) is 5.02 Å². The molecule has 0 bridgehead atoms. The van der Waals surface area contributed by atoms with Gasteiger partial charge in [0.2, 0.25) is 0 Å². The first-order valence-electron chi connectivity index (χ1n) is 9.22. The van der Waals surface area contributed by atoms with Crippen LogP contribution in [0.4, 0.5) is 0 Å². The first-order chi connectivity index (χ1) is 13.6. The van der Waals surface area contributed by atoms with Crippen molar-refractivity contribution in [2.24, 2.45) is 0 Å². The molecule has 0 spiro atoms. The molecule has 1 atom stereocenters. The molecule has 2 N–H and O–H groups in total. The van der Waals surface area contributed by atoms with Crippen molar-refractivity contribution in [1.29, 1.82) is 0 Å². The van der Waals surface area contributed by atoms with E-state index in [2.05, 4.69) is 10.3 Å². The standard InChI is InChI=1S/C21H25ClN2O5/c1-11(2)29-20(26)18-12(3)19(24-14(18)5)21(27)28-10-17(25)23-13(4)15-7-6-8-16(22)9-15/h6-9,11,13,24H,10H2,1-5H3,(H,23,25)/t13-/m1/s1. The molecule has 0 saturated carbocycles. The van der Waals surface area contributed by atoms with Gasteiger partial charge in [0.1, 0.15) is 5.69 Å². The zero-order valence-corrected chi connectivity index (χ0v) is 17.8. The number of nitrogens with one attached hydrogen (secondary N) is 2. The molecule has 8 heteroatoms. The fourth-order valence-electron chi connectivity index (χ4n) is 2.88. The van der Waals surface area contributed by atoms with Crippen molar-refractivity contribution >= 4 is 29.4 Å². The number of carbonyl (C=O) groups is 3. The van der Waals surface area contributed by atoms with Crippen LogP contribution in [0.1, 0.15) is 64.5 Å². The number of amides is 1. The molecular weight excluding hydrogens is 396 g/mol. The second-order valence-electron chi connectivity index (χ2n) is 7.00. The van der Waals surface area contributed by atoms with Gasteiger partial charge >= 0.3 is 11.9 Å². The number of aromatic amines is 1. The molecule has 0 radical (unpaired) electrons. The van der Waals surface area contributed by atoms with Gasteiger partial charge in [0.15, 0.2) is 6.61 Å². The van der Waals surface area contributed by atoms with Crippen LogP contribution in [0, 0.1) is 13.8 Å². The molecule has 1 aromatic carbocycles. The summed E-state index contributed by atoms with van der Waals surface area (Å²) in [6.07, 6.45) is -0.281. The fraction of sp³-hybridized carbons (Fsp3) is 0.381. The second-order valence-corrected chi connectivity index (χ2v) is 7.44. The smallest absolute Gasteiger partial charge is 0.355 e. The van der Waals surface area contributed by atoms with Gasteiger partial charge in [-0.1, -0.05) is 23.7 Å². The highest BCUT2D eigenvalue weighted by Gasteiger charge is 2.25. The Bertz CT molecular complexity index is 920. The number of aromatic nitrogens is 1. The number of carbonyl (C=O) groups excluding carboxylic acids is 3. The zero-order valence-electron chi connectivity index (χ0n) is 17.1. The van der Waals surface area contributed by atoms with Crippen molar-refractivity contribution in [3.05, 3.63) is 57.4 Å². The maximum Gasteiger partial charge on any atom is 0.355 e. The molecule has 0 aliphatic heterocycles. The number of hydrogen-bond acceptors (Lipinski definition) is 5. The molecule has 0 aliphatic rings. The Hall–Kier alpha value is -2.80. The molecule has 0 unspecified atom stereocenters. The quantitative estimate of drug-likeness (QED) is 0.662. The van der Waals surface area contributed by atoms with E-state index < -0.39 is 24.5 Å². The largest absolute Gasteiger partial charge is 0.459 e. The number of hydrogen-bond donors (Lipinski definition) is 2. The van der Waals surface area contributed by atoms with Gasteiger partial charge < -0.3 is 19.8 Å². The lowest BCUT2D eigenvalue weighted by atomic mass is 10.1. The Kier molecular flexibility index (Phi) is 7.45. The van der Waals surface area contributed by atoms with Crippen molar-refractivity contribution in [1.82, 2.24) is 10.3 Å². The lowest BCUT2D eigenvalue weighted by Crippen LogP contribution is -2.31. The van der Waals surface area contributed by atoms with Crippen molar-refractivity contribution < 1.29 is 23.9 Å². The van der Waals surface area contributed by atoms with Crippen molar-refractivity contribution in [2.45, 2.75) is 46.8 Å². The number of ether oxygens (including phenoxy) is 2. The number of rotatable bonds is 7. The van der Waals surface area contributed by atoms with E-state index in [0.717, 1.165) is 5.56 Å². The van der Waals surface area contributed by atoms with Crippen LogP contribution in [0.3, 0.4) is 0 Å². The van der Waals surface area contributed by atoms with Crippen molar-refractivity contribution in [3.63, 3.8) is 0 Å². The Morgan fingerprint density at radius 2 is 1.83 bits per heavy atom. The van der Waals surface area contributed by atoms with E-state index in [-0.39, 0.29) is 17.8 Å². The van der Waals surface area contributed by atoms with E-state index in [1.54, 1.807) is 52.8 Å². The van der Waals surface area contributed by atoms with Crippen LogP contribution in [-0.2, 0) is 14.3 Å². The van der Waals surface area contributed by atoms with Gasteiger partial charge in [-0.2, -0.15) is 0 Å². The lowest BCUT2D eigenvalue weighted by Gasteiger charge is -2.14.